The molecule has 0 fully saturated rings. The number of amides is 1. The number of benzene rings is 1. The van der Waals surface area contributed by atoms with Gasteiger partial charge in [0.2, 0.25) is 5.91 Å². The fourth-order valence-electron chi connectivity index (χ4n) is 1.92. The molecule has 1 N–H and O–H groups in total. The van der Waals surface area contributed by atoms with Gasteiger partial charge in [-0.2, -0.15) is 5.26 Å². The van der Waals surface area contributed by atoms with Gasteiger partial charge >= 0.3 is 0 Å². The Kier molecular flexibility index (Phi) is 2.20. The first-order chi connectivity index (χ1) is 7.13. The van der Waals surface area contributed by atoms with E-state index in [1.165, 1.54) is 0 Å². The molecule has 0 aliphatic carbocycles. The molecular formula is C12H12N2O. The van der Waals surface area contributed by atoms with Gasteiger partial charge in [0.05, 0.1) is 6.07 Å². The minimum absolute atomic E-state index is 0.182. The standard InChI is InChI=1S/C12H12N2O/c1-7-3-4-8(2)11-10(7)5-9(6-13)12(15)14-11/h3-4,9H,5H2,1-2H3,(H,14,15). The molecule has 0 saturated heterocycles. The number of rotatable bonds is 0. The van der Waals surface area contributed by atoms with Crippen molar-refractivity contribution in [1.29, 1.82) is 5.26 Å². The Morgan fingerprint density at radius 1 is 1.40 bits per heavy atom. The van der Waals surface area contributed by atoms with Crippen molar-refractivity contribution in [3.8, 4) is 6.07 Å². The summed E-state index contributed by atoms with van der Waals surface area (Å²) in [6.07, 6.45) is 0.533. The molecule has 0 aromatic heterocycles. The third-order valence-electron chi connectivity index (χ3n) is 2.88. The van der Waals surface area contributed by atoms with E-state index >= 15 is 0 Å². The van der Waals surface area contributed by atoms with Gasteiger partial charge in [0.15, 0.2) is 0 Å². The average Bonchev–Trinajstić information content (AvgIpc) is 2.23. The molecule has 0 saturated carbocycles. The second-order valence-corrected chi connectivity index (χ2v) is 3.93. The first-order valence-corrected chi connectivity index (χ1v) is 4.93. The highest BCUT2D eigenvalue weighted by molar-refractivity contribution is 5.98. The molecule has 3 heteroatoms. The molecule has 1 atom stereocenters. The molecule has 1 unspecified atom stereocenters. The quantitative estimate of drug-likeness (QED) is 0.695. The highest BCUT2D eigenvalue weighted by Gasteiger charge is 2.27. The number of hydrogen-bond donors (Lipinski definition) is 1. The number of nitrogens with zero attached hydrogens (tertiary/aromatic N) is 1. The van der Waals surface area contributed by atoms with Gasteiger partial charge in [-0.3, -0.25) is 4.79 Å². The zero-order chi connectivity index (χ0) is 11.0. The average molecular weight is 200 g/mol. The van der Waals surface area contributed by atoms with Crippen molar-refractivity contribution in [3.05, 3.63) is 28.8 Å². The lowest BCUT2D eigenvalue weighted by Gasteiger charge is -2.23. The molecule has 1 amide bonds. The summed E-state index contributed by atoms with van der Waals surface area (Å²) in [5.41, 5.74) is 4.18. The van der Waals surface area contributed by atoms with E-state index in [-0.39, 0.29) is 5.91 Å². The Morgan fingerprint density at radius 3 is 2.73 bits per heavy atom. The Labute approximate surface area is 88.7 Å². The van der Waals surface area contributed by atoms with Crippen molar-refractivity contribution in [1.82, 2.24) is 0 Å². The molecular weight excluding hydrogens is 188 g/mol. The van der Waals surface area contributed by atoms with Crippen LogP contribution in [0.2, 0.25) is 0 Å². The molecule has 3 nitrogen and oxygen atoms in total. The maximum absolute atomic E-state index is 11.5. The summed E-state index contributed by atoms with van der Waals surface area (Å²) in [6.45, 7) is 3.97. The Morgan fingerprint density at radius 2 is 2.07 bits per heavy atom. The maximum Gasteiger partial charge on any atom is 0.242 e. The van der Waals surface area contributed by atoms with E-state index in [0.29, 0.717) is 6.42 Å². The van der Waals surface area contributed by atoms with Crippen LogP contribution in [0.4, 0.5) is 5.69 Å². The van der Waals surface area contributed by atoms with Crippen molar-refractivity contribution in [2.24, 2.45) is 5.92 Å². The van der Waals surface area contributed by atoms with Crippen LogP contribution in [-0.4, -0.2) is 5.91 Å². The molecule has 0 spiro atoms. The van der Waals surface area contributed by atoms with Gasteiger partial charge in [0.1, 0.15) is 5.92 Å². The van der Waals surface area contributed by atoms with Gasteiger partial charge < -0.3 is 5.32 Å². The first kappa shape index (κ1) is 9.72. The normalized spacial score (nSPS) is 19.0. The Hall–Kier alpha value is -1.82. The monoisotopic (exact) mass is 200 g/mol. The van der Waals surface area contributed by atoms with Gasteiger partial charge in [-0.15, -0.1) is 0 Å². The molecule has 1 aromatic carbocycles. The van der Waals surface area contributed by atoms with Crippen molar-refractivity contribution < 1.29 is 4.79 Å². The molecule has 1 aromatic rings. The van der Waals surface area contributed by atoms with Crippen molar-refractivity contribution in [2.75, 3.05) is 5.32 Å². The van der Waals surface area contributed by atoms with Crippen LogP contribution < -0.4 is 5.32 Å². The minimum Gasteiger partial charge on any atom is -0.324 e. The van der Waals surface area contributed by atoms with Crippen molar-refractivity contribution >= 4 is 11.6 Å². The second-order valence-electron chi connectivity index (χ2n) is 3.93. The van der Waals surface area contributed by atoms with Gasteiger partial charge in [0, 0.05) is 5.69 Å². The summed E-state index contributed by atoms with van der Waals surface area (Å²) in [4.78, 5) is 11.5. The predicted molar refractivity (Wildman–Crippen MR) is 57.4 cm³/mol. The Bertz CT molecular complexity index is 471. The van der Waals surface area contributed by atoms with Crippen LogP contribution in [0, 0.1) is 31.1 Å². The van der Waals surface area contributed by atoms with E-state index in [9.17, 15) is 4.79 Å². The predicted octanol–water partition coefficient (Wildman–Crippen LogP) is 1.94. The molecule has 1 aliphatic rings. The number of carbonyl (C=O) groups excluding carboxylic acids is 1. The van der Waals surface area contributed by atoms with Crippen LogP contribution in [0.15, 0.2) is 12.1 Å². The molecule has 0 bridgehead atoms. The van der Waals surface area contributed by atoms with E-state index in [2.05, 4.69) is 5.32 Å². The van der Waals surface area contributed by atoms with E-state index in [1.54, 1.807) is 0 Å². The number of hydrogen-bond acceptors (Lipinski definition) is 2. The van der Waals surface area contributed by atoms with Gasteiger partial charge in [-0.1, -0.05) is 12.1 Å². The molecule has 76 valence electrons. The van der Waals surface area contributed by atoms with Crippen molar-refractivity contribution in [2.45, 2.75) is 20.3 Å². The molecule has 15 heavy (non-hydrogen) atoms. The SMILES string of the molecule is Cc1ccc(C)c2c1CC(C#N)C(=O)N2. The first-order valence-electron chi connectivity index (χ1n) is 4.93. The van der Waals surface area contributed by atoms with Crippen molar-refractivity contribution in [3.63, 3.8) is 0 Å². The lowest BCUT2D eigenvalue weighted by atomic mass is 9.89. The van der Waals surface area contributed by atoms with Crippen LogP contribution >= 0.6 is 0 Å². The summed E-state index contributed by atoms with van der Waals surface area (Å²) in [5.74, 6) is -0.725. The van der Waals surface area contributed by atoms with Crippen LogP contribution in [0.5, 0.6) is 0 Å². The maximum atomic E-state index is 11.5. The summed E-state index contributed by atoms with van der Waals surface area (Å²) < 4.78 is 0. The Balaban J connectivity index is 2.54. The number of aryl methyl sites for hydroxylation is 2. The van der Waals surface area contributed by atoms with E-state index in [0.717, 1.165) is 22.4 Å². The third-order valence-corrected chi connectivity index (χ3v) is 2.88. The number of nitriles is 1. The van der Waals surface area contributed by atoms with Crippen LogP contribution in [0.1, 0.15) is 16.7 Å². The van der Waals surface area contributed by atoms with E-state index < -0.39 is 5.92 Å². The fraction of sp³-hybridized carbons (Fsp3) is 0.333. The number of fused-ring (bicyclic) bond motifs is 1. The number of nitrogens with one attached hydrogen (secondary N) is 1. The lowest BCUT2D eigenvalue weighted by molar-refractivity contribution is -0.118. The molecule has 0 radical (unpaired) electrons. The summed E-state index contributed by atoms with van der Waals surface area (Å²) in [5, 5.41) is 11.6. The fourth-order valence-corrected chi connectivity index (χ4v) is 1.92. The number of carbonyl (C=O) groups is 1. The van der Waals surface area contributed by atoms with E-state index in [4.69, 9.17) is 5.26 Å². The third kappa shape index (κ3) is 1.48. The molecule has 2 rings (SSSR count). The second kappa shape index (κ2) is 3.39. The van der Waals surface area contributed by atoms with Gasteiger partial charge in [0.25, 0.3) is 0 Å². The zero-order valence-corrected chi connectivity index (χ0v) is 8.79. The lowest BCUT2D eigenvalue weighted by Crippen LogP contribution is -2.29. The molecule has 1 heterocycles. The van der Waals surface area contributed by atoms with Crippen LogP contribution in [0.3, 0.4) is 0 Å². The van der Waals surface area contributed by atoms with Crippen LogP contribution in [-0.2, 0) is 11.2 Å². The zero-order valence-electron chi connectivity index (χ0n) is 8.79. The topological polar surface area (TPSA) is 52.9 Å². The summed E-state index contributed by atoms with van der Waals surface area (Å²) in [7, 11) is 0. The highest BCUT2D eigenvalue weighted by Crippen LogP contribution is 2.30. The van der Waals surface area contributed by atoms with Crippen LogP contribution in [0.25, 0.3) is 0 Å². The number of anilines is 1. The highest BCUT2D eigenvalue weighted by atomic mass is 16.1. The molecule has 1 aliphatic heterocycles. The van der Waals surface area contributed by atoms with Gasteiger partial charge in [-0.05, 0) is 37.0 Å². The smallest absolute Gasteiger partial charge is 0.242 e. The van der Waals surface area contributed by atoms with E-state index in [1.807, 2.05) is 32.0 Å². The summed E-state index contributed by atoms with van der Waals surface area (Å²) >= 11 is 0. The van der Waals surface area contributed by atoms with Gasteiger partial charge in [-0.25, -0.2) is 0 Å². The minimum atomic E-state index is -0.544. The summed E-state index contributed by atoms with van der Waals surface area (Å²) in [6, 6.07) is 6.04. The largest absolute Gasteiger partial charge is 0.324 e.